The van der Waals surface area contributed by atoms with E-state index < -0.39 is 10.0 Å². The zero-order chi connectivity index (χ0) is 18.9. The van der Waals surface area contributed by atoms with Gasteiger partial charge >= 0.3 is 0 Å². The van der Waals surface area contributed by atoms with Gasteiger partial charge in [-0.05, 0) is 31.0 Å². The number of hydrogen-bond donors (Lipinski definition) is 0. The highest BCUT2D eigenvalue weighted by atomic mass is 79.9. The summed E-state index contributed by atoms with van der Waals surface area (Å²) in [4.78, 5) is 17.5. The molecule has 1 aromatic carbocycles. The number of rotatable bonds is 3. The molecule has 0 N–H and O–H groups in total. The third-order valence-electron chi connectivity index (χ3n) is 4.37. The lowest BCUT2D eigenvalue weighted by Gasteiger charge is -2.28. The number of thiazole rings is 1. The molecule has 26 heavy (non-hydrogen) atoms. The Bertz CT molecular complexity index is 1060. The van der Waals surface area contributed by atoms with E-state index in [2.05, 4.69) is 26.8 Å². The van der Waals surface area contributed by atoms with E-state index in [0.717, 1.165) is 14.7 Å². The van der Waals surface area contributed by atoms with E-state index in [4.69, 9.17) is 6.42 Å². The largest absolute Gasteiger partial charge is 0.305 e. The van der Waals surface area contributed by atoms with Gasteiger partial charge < -0.3 is 4.57 Å². The lowest BCUT2D eigenvalue weighted by atomic mass is 9.98. The third kappa shape index (κ3) is 4.09. The normalized spacial score (nSPS) is 17.5. The van der Waals surface area contributed by atoms with Crippen molar-refractivity contribution in [1.82, 2.24) is 8.87 Å². The molecule has 138 valence electrons. The van der Waals surface area contributed by atoms with Gasteiger partial charge in [-0.15, -0.1) is 6.42 Å². The first-order valence-corrected chi connectivity index (χ1v) is 11.5. The number of terminal acetylenes is 1. The van der Waals surface area contributed by atoms with Gasteiger partial charge in [0.25, 0.3) is 5.91 Å². The van der Waals surface area contributed by atoms with Crippen molar-refractivity contribution in [2.45, 2.75) is 19.4 Å². The Morgan fingerprint density at radius 1 is 1.42 bits per heavy atom. The predicted molar refractivity (Wildman–Crippen MR) is 106 cm³/mol. The summed E-state index contributed by atoms with van der Waals surface area (Å²) < 4.78 is 28.4. The molecule has 1 amide bonds. The van der Waals surface area contributed by atoms with Crippen LogP contribution in [0.4, 0.5) is 0 Å². The molecule has 0 bridgehead atoms. The maximum atomic E-state index is 12.6. The summed E-state index contributed by atoms with van der Waals surface area (Å²) in [6.07, 6.45) is 7.64. The summed E-state index contributed by atoms with van der Waals surface area (Å²) >= 11 is 4.86. The van der Waals surface area contributed by atoms with Gasteiger partial charge in [0, 0.05) is 23.5 Å². The fraction of sp³-hybridized carbons (Fsp3) is 0.412. The van der Waals surface area contributed by atoms with Crippen molar-refractivity contribution in [3.63, 3.8) is 0 Å². The Balaban J connectivity index is 1.89. The molecule has 2 heterocycles. The minimum atomic E-state index is -3.21. The van der Waals surface area contributed by atoms with Crippen LogP contribution < -0.4 is 4.80 Å². The molecule has 9 heteroatoms. The van der Waals surface area contributed by atoms with Gasteiger partial charge in [-0.1, -0.05) is 33.2 Å². The first-order chi connectivity index (χ1) is 12.3. The number of hydrogen-bond acceptors (Lipinski definition) is 4. The molecule has 0 aliphatic carbocycles. The quantitative estimate of drug-likeness (QED) is 0.665. The van der Waals surface area contributed by atoms with Gasteiger partial charge in [0.05, 0.1) is 23.0 Å². The van der Waals surface area contributed by atoms with E-state index in [0.29, 0.717) is 37.3 Å². The summed E-state index contributed by atoms with van der Waals surface area (Å²) in [6, 6.07) is 5.84. The van der Waals surface area contributed by atoms with Crippen molar-refractivity contribution in [2.24, 2.45) is 10.9 Å². The first-order valence-electron chi connectivity index (χ1n) is 8.05. The fourth-order valence-corrected chi connectivity index (χ4v) is 5.46. The second kappa shape index (κ2) is 7.64. The zero-order valence-electron chi connectivity index (χ0n) is 14.2. The average molecular weight is 456 g/mol. The number of aromatic nitrogens is 1. The van der Waals surface area contributed by atoms with Crippen molar-refractivity contribution in [1.29, 1.82) is 0 Å². The topological polar surface area (TPSA) is 71.7 Å². The average Bonchev–Trinajstić information content (AvgIpc) is 2.91. The van der Waals surface area contributed by atoms with Crippen LogP contribution in [0.25, 0.3) is 10.2 Å². The number of piperidine rings is 1. The number of carbonyl (C=O) groups is 1. The summed E-state index contributed by atoms with van der Waals surface area (Å²) in [5.74, 6) is 2.13. The van der Waals surface area contributed by atoms with Gasteiger partial charge in [0.15, 0.2) is 4.80 Å². The molecule has 0 atom stereocenters. The minimum absolute atomic E-state index is 0.213. The van der Waals surface area contributed by atoms with Crippen LogP contribution in [0.2, 0.25) is 0 Å². The molecule has 0 saturated carbocycles. The molecule has 3 rings (SSSR count). The Labute approximate surface area is 164 Å². The number of nitrogens with zero attached hydrogens (tertiary/aromatic N) is 3. The van der Waals surface area contributed by atoms with Crippen LogP contribution in [0, 0.1) is 18.3 Å². The number of fused-ring (bicyclic) bond motifs is 1. The SMILES string of the molecule is C#CCn1c(=NC(=O)C2CCN(S(C)(=O)=O)CC2)sc2cc(Br)ccc21. The fourth-order valence-electron chi connectivity index (χ4n) is 3.00. The van der Waals surface area contributed by atoms with E-state index in [9.17, 15) is 13.2 Å². The predicted octanol–water partition coefficient (Wildman–Crippen LogP) is 2.20. The number of sulfonamides is 1. The van der Waals surface area contributed by atoms with E-state index in [-0.39, 0.29) is 11.8 Å². The molecule has 2 aromatic rings. The highest BCUT2D eigenvalue weighted by Crippen LogP contribution is 2.23. The summed E-state index contributed by atoms with van der Waals surface area (Å²) in [6.45, 7) is 1.04. The molecular formula is C17H18BrN3O3S2. The molecule has 1 aliphatic rings. The first kappa shape index (κ1) is 19.3. The van der Waals surface area contributed by atoms with Crippen molar-refractivity contribution in [3.8, 4) is 12.3 Å². The maximum absolute atomic E-state index is 12.6. The molecule has 1 aromatic heterocycles. The van der Waals surface area contributed by atoms with Crippen LogP contribution in [-0.2, 0) is 21.4 Å². The number of amides is 1. The van der Waals surface area contributed by atoms with E-state index >= 15 is 0 Å². The zero-order valence-corrected chi connectivity index (χ0v) is 17.4. The van der Waals surface area contributed by atoms with E-state index in [1.165, 1.54) is 21.9 Å². The number of carbonyl (C=O) groups excluding carboxylic acids is 1. The van der Waals surface area contributed by atoms with Gasteiger partial charge in [-0.25, -0.2) is 12.7 Å². The standard InChI is InChI=1S/C17H18BrN3O3S2/c1-3-8-21-14-5-4-13(18)11-15(14)25-17(21)19-16(22)12-6-9-20(10-7-12)26(2,23)24/h1,4-5,11-12H,6-10H2,2H3. The van der Waals surface area contributed by atoms with Crippen LogP contribution in [0.5, 0.6) is 0 Å². The van der Waals surface area contributed by atoms with Crippen LogP contribution in [0.3, 0.4) is 0 Å². The molecule has 0 radical (unpaired) electrons. The Morgan fingerprint density at radius 3 is 2.73 bits per heavy atom. The Hall–Kier alpha value is -1.47. The summed E-state index contributed by atoms with van der Waals surface area (Å²) in [7, 11) is -3.21. The molecular weight excluding hydrogens is 438 g/mol. The molecule has 0 unspecified atom stereocenters. The monoisotopic (exact) mass is 455 g/mol. The van der Waals surface area contributed by atoms with Crippen molar-refractivity contribution in [3.05, 3.63) is 27.5 Å². The second-order valence-electron chi connectivity index (χ2n) is 6.17. The summed E-state index contributed by atoms with van der Waals surface area (Å²) in [5.41, 5.74) is 0.939. The van der Waals surface area contributed by atoms with E-state index in [1.807, 2.05) is 22.8 Å². The Morgan fingerprint density at radius 2 is 2.12 bits per heavy atom. The van der Waals surface area contributed by atoms with Gasteiger partial charge in [-0.2, -0.15) is 4.99 Å². The highest BCUT2D eigenvalue weighted by molar-refractivity contribution is 9.10. The molecule has 0 spiro atoms. The molecule has 1 saturated heterocycles. The lowest BCUT2D eigenvalue weighted by Crippen LogP contribution is -2.39. The van der Waals surface area contributed by atoms with Gasteiger partial charge in [-0.3, -0.25) is 4.79 Å². The van der Waals surface area contributed by atoms with Crippen molar-refractivity contribution >= 4 is 53.4 Å². The second-order valence-corrected chi connectivity index (χ2v) is 10.1. The molecule has 1 aliphatic heterocycles. The van der Waals surface area contributed by atoms with Crippen molar-refractivity contribution in [2.75, 3.05) is 19.3 Å². The minimum Gasteiger partial charge on any atom is -0.305 e. The lowest BCUT2D eigenvalue weighted by molar-refractivity contribution is -0.122. The Kier molecular flexibility index (Phi) is 5.67. The van der Waals surface area contributed by atoms with Crippen LogP contribution in [-0.4, -0.2) is 42.5 Å². The third-order valence-corrected chi connectivity index (χ3v) is 7.21. The maximum Gasteiger partial charge on any atom is 0.251 e. The van der Waals surface area contributed by atoms with Gasteiger partial charge in [0.1, 0.15) is 0 Å². The highest BCUT2D eigenvalue weighted by Gasteiger charge is 2.28. The summed E-state index contributed by atoms with van der Waals surface area (Å²) in [5, 5.41) is 0. The smallest absolute Gasteiger partial charge is 0.251 e. The number of halogens is 1. The van der Waals surface area contributed by atoms with Crippen LogP contribution in [0.1, 0.15) is 12.8 Å². The van der Waals surface area contributed by atoms with Crippen LogP contribution >= 0.6 is 27.3 Å². The molecule has 6 nitrogen and oxygen atoms in total. The van der Waals surface area contributed by atoms with Crippen LogP contribution in [0.15, 0.2) is 27.7 Å². The van der Waals surface area contributed by atoms with Crippen molar-refractivity contribution < 1.29 is 13.2 Å². The molecule has 1 fully saturated rings. The van der Waals surface area contributed by atoms with Gasteiger partial charge in [0.2, 0.25) is 10.0 Å². The van der Waals surface area contributed by atoms with E-state index in [1.54, 1.807) is 0 Å². The number of benzene rings is 1.